The number of aliphatic hydroxyl groups is 1. The highest BCUT2D eigenvalue weighted by molar-refractivity contribution is 8.02. The molecular formula is C12H12N2OS4. The van der Waals surface area contributed by atoms with Gasteiger partial charge in [0.25, 0.3) is 0 Å². The SMILES string of the molecule is CSc1nnc(SCc2cc(C#CCCO)cs2)s1. The molecule has 100 valence electrons. The molecule has 1 N–H and O–H groups in total. The quantitative estimate of drug-likeness (QED) is 0.674. The van der Waals surface area contributed by atoms with Crippen LogP contribution in [0.15, 0.2) is 20.1 Å². The molecule has 0 saturated carbocycles. The van der Waals surface area contributed by atoms with E-state index in [4.69, 9.17) is 5.11 Å². The van der Waals surface area contributed by atoms with Gasteiger partial charge < -0.3 is 5.11 Å². The van der Waals surface area contributed by atoms with Gasteiger partial charge in [-0.3, -0.25) is 0 Å². The number of hydrogen-bond donors (Lipinski definition) is 1. The first-order chi connectivity index (χ1) is 9.31. The largest absolute Gasteiger partial charge is 0.395 e. The van der Waals surface area contributed by atoms with Crippen LogP contribution in [-0.2, 0) is 5.75 Å². The van der Waals surface area contributed by atoms with Gasteiger partial charge in [-0.15, -0.1) is 21.5 Å². The van der Waals surface area contributed by atoms with E-state index in [0.717, 1.165) is 20.0 Å². The summed E-state index contributed by atoms with van der Waals surface area (Å²) in [6.45, 7) is 0.120. The second-order valence-electron chi connectivity index (χ2n) is 3.40. The Labute approximate surface area is 128 Å². The summed E-state index contributed by atoms with van der Waals surface area (Å²) in [4.78, 5) is 1.28. The molecule has 0 aliphatic carbocycles. The van der Waals surface area contributed by atoms with Crippen LogP contribution in [0.2, 0.25) is 0 Å². The molecule has 2 aromatic rings. The van der Waals surface area contributed by atoms with Gasteiger partial charge in [0.15, 0.2) is 8.68 Å². The van der Waals surface area contributed by atoms with Crippen LogP contribution >= 0.6 is 46.2 Å². The fourth-order valence-electron chi connectivity index (χ4n) is 1.21. The van der Waals surface area contributed by atoms with Crippen molar-refractivity contribution in [1.29, 1.82) is 0 Å². The van der Waals surface area contributed by atoms with E-state index in [9.17, 15) is 0 Å². The second-order valence-corrected chi connectivity index (χ2v) is 7.65. The normalized spacial score (nSPS) is 10.2. The van der Waals surface area contributed by atoms with Crippen LogP contribution in [0.25, 0.3) is 0 Å². The Morgan fingerprint density at radius 1 is 1.37 bits per heavy atom. The van der Waals surface area contributed by atoms with Crippen molar-refractivity contribution < 1.29 is 5.11 Å². The Morgan fingerprint density at radius 2 is 2.21 bits per heavy atom. The molecule has 19 heavy (non-hydrogen) atoms. The number of aromatic nitrogens is 2. The third-order valence-electron chi connectivity index (χ3n) is 2.02. The summed E-state index contributed by atoms with van der Waals surface area (Å²) >= 11 is 6.66. The Hall–Kier alpha value is -0.520. The maximum Gasteiger partial charge on any atom is 0.175 e. The van der Waals surface area contributed by atoms with Gasteiger partial charge in [-0.05, 0) is 12.3 Å². The third kappa shape index (κ3) is 4.82. The fourth-order valence-corrected chi connectivity index (χ4v) is 4.52. The maximum atomic E-state index is 8.67. The minimum atomic E-state index is 0.120. The lowest BCUT2D eigenvalue weighted by atomic mass is 10.3. The Kier molecular flexibility index (Phi) is 6.20. The molecule has 0 bridgehead atoms. The van der Waals surface area contributed by atoms with Gasteiger partial charge in [-0.2, -0.15) is 0 Å². The van der Waals surface area contributed by atoms with Crippen molar-refractivity contribution in [3.8, 4) is 11.8 Å². The topological polar surface area (TPSA) is 46.0 Å². The summed E-state index contributed by atoms with van der Waals surface area (Å²) in [6, 6.07) is 2.10. The molecule has 0 aliphatic heterocycles. The van der Waals surface area contributed by atoms with Crippen molar-refractivity contribution >= 4 is 46.2 Å². The van der Waals surface area contributed by atoms with Crippen molar-refractivity contribution in [2.45, 2.75) is 20.9 Å². The molecule has 0 unspecified atom stereocenters. The first-order valence-corrected chi connectivity index (χ1v) is 9.40. The molecule has 0 amide bonds. The number of aliphatic hydroxyl groups excluding tert-OH is 1. The van der Waals surface area contributed by atoms with Crippen LogP contribution < -0.4 is 0 Å². The molecule has 0 spiro atoms. The molecule has 2 rings (SSSR count). The van der Waals surface area contributed by atoms with Gasteiger partial charge in [0.1, 0.15) is 0 Å². The first kappa shape index (κ1) is 14.9. The van der Waals surface area contributed by atoms with Crippen molar-refractivity contribution in [3.63, 3.8) is 0 Å². The molecule has 0 aliphatic rings. The summed E-state index contributed by atoms with van der Waals surface area (Å²) in [6.07, 6.45) is 2.54. The third-order valence-corrected chi connectivity index (χ3v) is 6.22. The van der Waals surface area contributed by atoms with Crippen molar-refractivity contribution in [1.82, 2.24) is 10.2 Å². The highest BCUT2D eigenvalue weighted by Crippen LogP contribution is 2.31. The van der Waals surface area contributed by atoms with Crippen LogP contribution in [0.3, 0.4) is 0 Å². The van der Waals surface area contributed by atoms with Gasteiger partial charge >= 0.3 is 0 Å². The number of thioether (sulfide) groups is 2. The molecule has 2 aromatic heterocycles. The average molecular weight is 329 g/mol. The van der Waals surface area contributed by atoms with Crippen molar-refractivity contribution in [2.24, 2.45) is 0 Å². The van der Waals surface area contributed by atoms with Crippen molar-refractivity contribution in [2.75, 3.05) is 12.9 Å². The smallest absolute Gasteiger partial charge is 0.175 e. The molecule has 0 fully saturated rings. The van der Waals surface area contributed by atoms with E-state index in [0.29, 0.717) is 6.42 Å². The Balaban J connectivity index is 1.88. The van der Waals surface area contributed by atoms with Crippen LogP contribution in [0, 0.1) is 11.8 Å². The number of hydrogen-bond acceptors (Lipinski definition) is 7. The monoisotopic (exact) mass is 328 g/mol. The highest BCUT2D eigenvalue weighted by Gasteiger charge is 2.05. The first-order valence-electron chi connectivity index (χ1n) is 5.49. The van der Waals surface area contributed by atoms with E-state index >= 15 is 0 Å². The van der Waals surface area contributed by atoms with Gasteiger partial charge in [-0.1, -0.05) is 46.7 Å². The summed E-state index contributed by atoms with van der Waals surface area (Å²) in [5.74, 6) is 6.86. The van der Waals surface area contributed by atoms with Crippen LogP contribution in [0.4, 0.5) is 0 Å². The number of rotatable bonds is 5. The summed E-state index contributed by atoms with van der Waals surface area (Å²) in [5.41, 5.74) is 1.02. The van der Waals surface area contributed by atoms with Gasteiger partial charge in [0, 0.05) is 28.0 Å². The lowest BCUT2D eigenvalue weighted by Gasteiger charge is -1.91. The predicted molar refractivity (Wildman–Crippen MR) is 84.2 cm³/mol. The number of nitrogens with zero attached hydrogens (tertiary/aromatic N) is 2. The zero-order chi connectivity index (χ0) is 13.5. The molecular weight excluding hydrogens is 316 g/mol. The summed E-state index contributed by atoms with van der Waals surface area (Å²) in [5, 5.41) is 18.9. The van der Waals surface area contributed by atoms with E-state index < -0.39 is 0 Å². The van der Waals surface area contributed by atoms with Gasteiger partial charge in [0.05, 0.1) is 6.61 Å². The fraction of sp³-hybridized carbons (Fsp3) is 0.333. The van der Waals surface area contributed by atoms with E-state index in [1.54, 1.807) is 46.2 Å². The Bertz CT molecular complexity index is 582. The van der Waals surface area contributed by atoms with E-state index in [2.05, 4.69) is 28.1 Å². The lowest BCUT2D eigenvalue weighted by molar-refractivity contribution is 0.305. The molecule has 0 saturated heterocycles. The van der Waals surface area contributed by atoms with Crippen LogP contribution in [0.1, 0.15) is 16.9 Å². The zero-order valence-corrected chi connectivity index (χ0v) is 13.5. The van der Waals surface area contributed by atoms with Crippen LogP contribution in [0.5, 0.6) is 0 Å². The standard InChI is InChI=1S/C12H12N2OS4/c1-16-11-13-14-12(19-11)18-8-10-6-9(7-17-10)4-2-3-5-15/h6-7,15H,3,5,8H2,1H3. The van der Waals surface area contributed by atoms with E-state index in [-0.39, 0.29) is 6.61 Å². The molecule has 7 heteroatoms. The molecule has 0 aromatic carbocycles. The minimum Gasteiger partial charge on any atom is -0.395 e. The zero-order valence-electron chi connectivity index (χ0n) is 10.3. The highest BCUT2D eigenvalue weighted by atomic mass is 32.2. The molecule has 2 heterocycles. The van der Waals surface area contributed by atoms with Crippen molar-refractivity contribution in [3.05, 3.63) is 21.9 Å². The summed E-state index contributed by atoms with van der Waals surface area (Å²) in [7, 11) is 0. The van der Waals surface area contributed by atoms with Gasteiger partial charge in [0.2, 0.25) is 0 Å². The van der Waals surface area contributed by atoms with Gasteiger partial charge in [-0.25, -0.2) is 0 Å². The molecule has 0 radical (unpaired) electrons. The Morgan fingerprint density at radius 3 is 2.95 bits per heavy atom. The lowest BCUT2D eigenvalue weighted by Crippen LogP contribution is -1.76. The average Bonchev–Trinajstić information content (AvgIpc) is 3.05. The molecule has 0 atom stereocenters. The van der Waals surface area contributed by atoms with E-state index in [1.165, 1.54) is 4.88 Å². The molecule has 3 nitrogen and oxygen atoms in total. The predicted octanol–water partition coefficient (Wildman–Crippen LogP) is 3.35. The second kappa shape index (κ2) is 7.92. The maximum absolute atomic E-state index is 8.67. The number of thiophene rings is 1. The van der Waals surface area contributed by atoms with E-state index in [1.807, 2.05) is 11.6 Å². The summed E-state index contributed by atoms with van der Waals surface area (Å²) < 4.78 is 2.01. The minimum absolute atomic E-state index is 0.120. The van der Waals surface area contributed by atoms with Crippen LogP contribution in [-0.4, -0.2) is 28.2 Å².